The molecule has 2 aliphatic carbocycles. The number of Topliss-reactive ketones (excluding diaryl/α,β-unsaturated/α-hetero) is 1. The zero-order valence-corrected chi connectivity index (χ0v) is 25.4. The number of ketones is 1. The van der Waals surface area contributed by atoms with Crippen molar-refractivity contribution in [3.05, 3.63) is 103 Å². The molecule has 1 atom stereocenters. The molecule has 2 aromatic carbocycles. The van der Waals surface area contributed by atoms with Gasteiger partial charge in [0, 0.05) is 17.3 Å². The summed E-state index contributed by atoms with van der Waals surface area (Å²) < 4.78 is 5.92. The molecule has 7 rings (SSSR count). The van der Waals surface area contributed by atoms with Gasteiger partial charge in [-0.3, -0.25) is 9.69 Å². The van der Waals surface area contributed by atoms with Crippen molar-refractivity contribution >= 4 is 51.7 Å². The minimum Gasteiger partial charge on any atom is -0.477 e. The molecule has 8 heteroatoms. The van der Waals surface area contributed by atoms with Crippen LogP contribution in [-0.4, -0.2) is 47.0 Å². The molecule has 1 fully saturated rings. The third-order valence-electron chi connectivity index (χ3n) is 8.99. The topological polar surface area (TPSA) is 83.9 Å². The van der Waals surface area contributed by atoms with Crippen molar-refractivity contribution in [1.29, 1.82) is 0 Å². The fraction of sp³-hybridized carbons (Fsp3) is 0.286. The minimum atomic E-state index is -0.909. The number of benzene rings is 2. The summed E-state index contributed by atoms with van der Waals surface area (Å²) >= 11 is 2.73. The lowest BCUT2D eigenvalue weighted by molar-refractivity contribution is 0.0701. The number of carbonyl (C=O) groups excluding carboxylic acids is 2. The number of hydrogen-bond donors (Lipinski definition) is 1. The van der Waals surface area contributed by atoms with Crippen LogP contribution in [0.5, 0.6) is 0 Å². The highest BCUT2D eigenvalue weighted by Crippen LogP contribution is 2.46. The first-order chi connectivity index (χ1) is 20.9. The first kappa shape index (κ1) is 27.8. The number of amides is 1. The molecule has 6 nitrogen and oxygen atoms in total. The number of carbonyl (C=O) groups is 3. The molecule has 43 heavy (non-hydrogen) atoms. The zero-order valence-electron chi connectivity index (χ0n) is 23.8. The Kier molecular flexibility index (Phi) is 7.27. The number of ether oxygens (including phenoxy) is 1. The zero-order chi connectivity index (χ0) is 29.7. The standard InChI is InChI=1S/C35H31NO5S2/c1-20-28(23-13-6-12-22(23)21-16-32(34(38)39)42-19-21)17-31(43-20)33(37)30-14-7-15-36(30)35(40)41-18-29-26-10-4-2-8-24(26)25-9-3-5-11-27(25)29/h2-5,8-11,16-17,19,29-30H,6-7,12-15,18H2,1H3,(H,38,39)/t30-/m0/s1. The summed E-state index contributed by atoms with van der Waals surface area (Å²) in [6.45, 7) is 2.77. The highest BCUT2D eigenvalue weighted by atomic mass is 32.1. The lowest BCUT2D eigenvalue weighted by atomic mass is 9.98. The van der Waals surface area contributed by atoms with Crippen LogP contribution in [0.3, 0.4) is 0 Å². The molecule has 3 aliphatic rings. The fourth-order valence-corrected chi connectivity index (χ4v) is 8.76. The lowest BCUT2D eigenvalue weighted by Gasteiger charge is -2.24. The summed E-state index contributed by atoms with van der Waals surface area (Å²) in [6.07, 6.45) is 3.74. The van der Waals surface area contributed by atoms with Crippen molar-refractivity contribution in [2.24, 2.45) is 0 Å². The number of rotatable bonds is 7. The predicted molar refractivity (Wildman–Crippen MR) is 170 cm³/mol. The molecule has 2 aromatic heterocycles. The van der Waals surface area contributed by atoms with E-state index in [0.717, 1.165) is 52.8 Å². The average Bonchev–Trinajstić information content (AvgIpc) is 3.85. The SMILES string of the molecule is Cc1sc(C(=O)[C@@H]2CCCN2C(=O)OCC2c3ccccc3-c3ccccc32)cc1C1=C(c2csc(C(=O)O)c2)CCC1. The van der Waals surface area contributed by atoms with E-state index in [1.54, 1.807) is 11.0 Å². The van der Waals surface area contributed by atoms with E-state index < -0.39 is 18.1 Å². The van der Waals surface area contributed by atoms with E-state index in [1.807, 2.05) is 42.6 Å². The fourth-order valence-electron chi connectivity index (χ4n) is 6.97. The van der Waals surface area contributed by atoms with Gasteiger partial charge in [0.2, 0.25) is 0 Å². The molecule has 1 amide bonds. The van der Waals surface area contributed by atoms with Crippen LogP contribution in [0.4, 0.5) is 4.79 Å². The number of fused-ring (bicyclic) bond motifs is 3. The molecule has 3 heterocycles. The lowest BCUT2D eigenvalue weighted by Crippen LogP contribution is -2.41. The molecule has 1 saturated heterocycles. The van der Waals surface area contributed by atoms with Crippen LogP contribution >= 0.6 is 22.7 Å². The quantitative estimate of drug-likeness (QED) is 0.212. The summed E-state index contributed by atoms with van der Waals surface area (Å²) in [5, 5.41) is 11.3. The van der Waals surface area contributed by atoms with Gasteiger partial charge in [0.05, 0.1) is 10.9 Å². The number of carboxylic acid groups (broad SMARTS) is 1. The third-order valence-corrected chi connectivity index (χ3v) is 11.0. The maximum Gasteiger partial charge on any atom is 0.410 e. The number of hydrogen-bond acceptors (Lipinski definition) is 6. The molecule has 218 valence electrons. The number of nitrogens with zero attached hydrogens (tertiary/aromatic N) is 1. The van der Waals surface area contributed by atoms with Crippen molar-refractivity contribution in [1.82, 2.24) is 4.90 Å². The molecule has 1 N–H and O–H groups in total. The first-order valence-corrected chi connectivity index (χ1v) is 16.4. The van der Waals surface area contributed by atoms with Gasteiger partial charge in [-0.15, -0.1) is 22.7 Å². The first-order valence-electron chi connectivity index (χ1n) is 14.7. The Morgan fingerprint density at radius 1 is 0.907 bits per heavy atom. The normalized spacial score (nSPS) is 17.8. The van der Waals surface area contributed by atoms with Crippen LogP contribution in [0.1, 0.15) is 84.5 Å². The van der Waals surface area contributed by atoms with Gasteiger partial charge in [0.15, 0.2) is 5.78 Å². The van der Waals surface area contributed by atoms with Crippen molar-refractivity contribution < 1.29 is 24.2 Å². The number of aromatic carboxylic acids is 1. The Hall–Kier alpha value is -4.01. The maximum atomic E-state index is 13.8. The smallest absolute Gasteiger partial charge is 0.410 e. The van der Waals surface area contributed by atoms with Gasteiger partial charge < -0.3 is 9.84 Å². The van der Waals surface area contributed by atoms with Crippen molar-refractivity contribution in [3.8, 4) is 11.1 Å². The van der Waals surface area contributed by atoms with Crippen molar-refractivity contribution in [2.45, 2.75) is 51.0 Å². The minimum absolute atomic E-state index is 0.0284. The molecule has 1 aliphatic heterocycles. The van der Waals surface area contributed by atoms with Gasteiger partial charge in [-0.1, -0.05) is 48.5 Å². The second-order valence-electron chi connectivity index (χ2n) is 11.4. The summed E-state index contributed by atoms with van der Waals surface area (Å²) in [5.41, 5.74) is 9.08. The monoisotopic (exact) mass is 609 g/mol. The van der Waals surface area contributed by atoms with Gasteiger partial charge >= 0.3 is 12.1 Å². The summed E-state index contributed by atoms with van der Waals surface area (Å²) in [4.78, 5) is 42.4. The van der Waals surface area contributed by atoms with Gasteiger partial charge in [0.1, 0.15) is 11.5 Å². The molecule has 0 bridgehead atoms. The molecular weight excluding hydrogens is 579 g/mol. The molecule has 0 radical (unpaired) electrons. The second kappa shape index (κ2) is 11.2. The Morgan fingerprint density at radius 2 is 1.60 bits per heavy atom. The van der Waals surface area contributed by atoms with E-state index in [0.29, 0.717) is 22.7 Å². The number of carboxylic acids is 1. The number of aryl methyl sites for hydroxylation is 1. The van der Waals surface area contributed by atoms with E-state index in [9.17, 15) is 19.5 Å². The van der Waals surface area contributed by atoms with Crippen molar-refractivity contribution in [3.63, 3.8) is 0 Å². The van der Waals surface area contributed by atoms with Gasteiger partial charge in [0.25, 0.3) is 0 Å². The van der Waals surface area contributed by atoms with E-state index >= 15 is 0 Å². The van der Waals surface area contributed by atoms with E-state index in [4.69, 9.17) is 4.74 Å². The van der Waals surface area contributed by atoms with E-state index in [-0.39, 0.29) is 18.3 Å². The van der Waals surface area contributed by atoms with Crippen LogP contribution in [0, 0.1) is 6.92 Å². The molecular formula is C35H31NO5S2. The Labute approximate surface area is 258 Å². The maximum absolute atomic E-state index is 13.8. The summed E-state index contributed by atoms with van der Waals surface area (Å²) in [6, 6.07) is 19.7. The molecule has 0 unspecified atom stereocenters. The third kappa shape index (κ3) is 4.92. The molecule has 4 aromatic rings. The van der Waals surface area contributed by atoms with Gasteiger partial charge in [-0.2, -0.15) is 0 Å². The van der Waals surface area contributed by atoms with Crippen molar-refractivity contribution in [2.75, 3.05) is 13.2 Å². The van der Waals surface area contributed by atoms with Crippen LogP contribution in [0.2, 0.25) is 0 Å². The average molecular weight is 610 g/mol. The number of allylic oxidation sites excluding steroid dienone is 2. The number of likely N-dealkylation sites (tertiary alicyclic amines) is 1. The van der Waals surface area contributed by atoms with Crippen LogP contribution in [-0.2, 0) is 4.74 Å². The Balaban J connectivity index is 1.08. The summed E-state index contributed by atoms with van der Waals surface area (Å²) in [5.74, 6) is -0.970. The second-order valence-corrected chi connectivity index (χ2v) is 13.6. The van der Waals surface area contributed by atoms with Crippen LogP contribution in [0.15, 0.2) is 66.0 Å². The van der Waals surface area contributed by atoms with Gasteiger partial charge in [-0.05, 0) is 101 Å². The van der Waals surface area contributed by atoms with Gasteiger partial charge in [-0.25, -0.2) is 9.59 Å². The molecule has 0 spiro atoms. The van der Waals surface area contributed by atoms with Crippen LogP contribution in [0.25, 0.3) is 22.3 Å². The largest absolute Gasteiger partial charge is 0.477 e. The summed E-state index contributed by atoms with van der Waals surface area (Å²) in [7, 11) is 0. The predicted octanol–water partition coefficient (Wildman–Crippen LogP) is 8.51. The highest BCUT2D eigenvalue weighted by molar-refractivity contribution is 7.14. The Morgan fingerprint density at radius 3 is 2.30 bits per heavy atom. The molecule has 0 saturated carbocycles. The highest BCUT2D eigenvalue weighted by Gasteiger charge is 2.38. The van der Waals surface area contributed by atoms with E-state index in [1.165, 1.54) is 44.9 Å². The van der Waals surface area contributed by atoms with Crippen LogP contribution < -0.4 is 0 Å². The number of thiophene rings is 2. The Bertz CT molecular complexity index is 1750. The van der Waals surface area contributed by atoms with E-state index in [2.05, 4.69) is 24.3 Å².